The van der Waals surface area contributed by atoms with Crippen molar-refractivity contribution in [1.82, 2.24) is 10.3 Å². The van der Waals surface area contributed by atoms with Crippen LogP contribution in [0.3, 0.4) is 0 Å². The number of nitrogens with one attached hydrogen (secondary N) is 1. The minimum absolute atomic E-state index is 0.845. The monoisotopic (exact) mass is 236 g/mol. The highest BCUT2D eigenvalue weighted by atomic mass is 32.2. The van der Waals surface area contributed by atoms with Crippen molar-refractivity contribution in [3.05, 3.63) is 30.1 Å². The van der Waals surface area contributed by atoms with Crippen molar-refractivity contribution in [1.29, 1.82) is 0 Å². The van der Waals surface area contributed by atoms with Crippen LogP contribution in [0.2, 0.25) is 0 Å². The summed E-state index contributed by atoms with van der Waals surface area (Å²) in [6, 6.07) is 6.12. The third-order valence-electron chi connectivity index (χ3n) is 2.93. The van der Waals surface area contributed by atoms with E-state index in [1.807, 2.05) is 12.3 Å². The van der Waals surface area contributed by atoms with Crippen LogP contribution in [-0.4, -0.2) is 29.1 Å². The zero-order valence-corrected chi connectivity index (χ0v) is 10.5. The Hall–Kier alpha value is -0.540. The number of pyridine rings is 1. The molecule has 1 saturated heterocycles. The molecule has 1 atom stereocenters. The van der Waals surface area contributed by atoms with Gasteiger partial charge in [-0.3, -0.25) is 4.98 Å². The summed E-state index contributed by atoms with van der Waals surface area (Å²) in [6.07, 6.45) is 7.13. The Balaban J connectivity index is 1.58. The van der Waals surface area contributed by atoms with Crippen LogP contribution >= 0.6 is 11.8 Å². The molecule has 1 N–H and O–H groups in total. The normalized spacial score (nSPS) is 20.9. The van der Waals surface area contributed by atoms with E-state index >= 15 is 0 Å². The summed E-state index contributed by atoms with van der Waals surface area (Å²) < 4.78 is 0. The van der Waals surface area contributed by atoms with Crippen molar-refractivity contribution in [3.63, 3.8) is 0 Å². The van der Waals surface area contributed by atoms with Crippen molar-refractivity contribution in [3.8, 4) is 0 Å². The molecule has 0 bridgehead atoms. The smallest absolute Gasteiger partial charge is 0.0416 e. The van der Waals surface area contributed by atoms with Gasteiger partial charge in [0.25, 0.3) is 0 Å². The van der Waals surface area contributed by atoms with Crippen LogP contribution in [0.1, 0.15) is 25.0 Å². The molecular weight excluding hydrogens is 216 g/mol. The summed E-state index contributed by atoms with van der Waals surface area (Å²) in [7, 11) is 0. The number of aromatic nitrogens is 1. The summed E-state index contributed by atoms with van der Waals surface area (Å²) in [4.78, 5) is 4.32. The first-order chi connectivity index (χ1) is 7.95. The van der Waals surface area contributed by atoms with Crippen molar-refractivity contribution >= 4 is 11.8 Å². The standard InChI is InChI=1S/C13H20N2S/c1-3-8-15-12(5-1)7-9-14-11-13-6-2-4-10-16-13/h1,3,5,8,13-14H,2,4,6-7,9-11H2. The topological polar surface area (TPSA) is 24.9 Å². The van der Waals surface area contributed by atoms with E-state index in [-0.39, 0.29) is 0 Å². The molecule has 2 nitrogen and oxygen atoms in total. The molecule has 0 aliphatic carbocycles. The van der Waals surface area contributed by atoms with Crippen molar-refractivity contribution < 1.29 is 0 Å². The average Bonchev–Trinajstić information content (AvgIpc) is 2.37. The van der Waals surface area contributed by atoms with Gasteiger partial charge in [0.1, 0.15) is 0 Å². The Morgan fingerprint density at radius 2 is 2.38 bits per heavy atom. The van der Waals surface area contributed by atoms with E-state index in [4.69, 9.17) is 0 Å². The molecule has 1 aliphatic heterocycles. The summed E-state index contributed by atoms with van der Waals surface area (Å²) in [5, 5.41) is 4.39. The Labute approximate surface area is 102 Å². The van der Waals surface area contributed by atoms with Gasteiger partial charge in [0.05, 0.1) is 0 Å². The third kappa shape index (κ3) is 4.14. The third-order valence-corrected chi connectivity index (χ3v) is 4.33. The van der Waals surface area contributed by atoms with E-state index < -0.39 is 0 Å². The summed E-state index contributed by atoms with van der Waals surface area (Å²) >= 11 is 2.13. The maximum Gasteiger partial charge on any atom is 0.0416 e. The highest BCUT2D eigenvalue weighted by Gasteiger charge is 2.12. The minimum Gasteiger partial charge on any atom is -0.315 e. The van der Waals surface area contributed by atoms with E-state index in [1.165, 1.54) is 30.7 Å². The first-order valence-electron chi connectivity index (χ1n) is 6.17. The predicted molar refractivity (Wildman–Crippen MR) is 70.9 cm³/mol. The minimum atomic E-state index is 0.845. The molecule has 1 aromatic rings. The van der Waals surface area contributed by atoms with Crippen LogP contribution in [0.15, 0.2) is 24.4 Å². The van der Waals surface area contributed by atoms with Crippen LogP contribution < -0.4 is 5.32 Å². The summed E-state index contributed by atoms with van der Waals surface area (Å²) in [5.74, 6) is 1.35. The van der Waals surface area contributed by atoms with E-state index in [0.29, 0.717) is 0 Å². The lowest BCUT2D eigenvalue weighted by Crippen LogP contribution is -2.28. The Morgan fingerprint density at radius 3 is 3.12 bits per heavy atom. The van der Waals surface area contributed by atoms with Gasteiger partial charge in [-0.2, -0.15) is 11.8 Å². The summed E-state index contributed by atoms with van der Waals surface area (Å²) in [5.41, 5.74) is 1.19. The second-order valence-corrected chi connectivity index (χ2v) is 5.67. The first-order valence-corrected chi connectivity index (χ1v) is 7.22. The van der Waals surface area contributed by atoms with Gasteiger partial charge < -0.3 is 5.32 Å². The van der Waals surface area contributed by atoms with E-state index in [9.17, 15) is 0 Å². The molecule has 1 fully saturated rings. The largest absolute Gasteiger partial charge is 0.315 e. The van der Waals surface area contributed by atoms with Gasteiger partial charge in [0.2, 0.25) is 0 Å². The van der Waals surface area contributed by atoms with Crippen molar-refractivity contribution in [2.24, 2.45) is 0 Å². The molecular formula is C13H20N2S. The van der Waals surface area contributed by atoms with Crippen molar-refractivity contribution in [2.45, 2.75) is 30.9 Å². The molecule has 1 unspecified atom stereocenters. The van der Waals surface area contributed by atoms with E-state index in [1.54, 1.807) is 0 Å². The lowest BCUT2D eigenvalue weighted by atomic mass is 10.2. The lowest BCUT2D eigenvalue weighted by Gasteiger charge is -2.21. The van der Waals surface area contributed by atoms with Gasteiger partial charge in [0.15, 0.2) is 0 Å². The van der Waals surface area contributed by atoms with Crippen molar-refractivity contribution in [2.75, 3.05) is 18.8 Å². The van der Waals surface area contributed by atoms with Gasteiger partial charge in [-0.15, -0.1) is 0 Å². The van der Waals surface area contributed by atoms with Gasteiger partial charge >= 0.3 is 0 Å². The fourth-order valence-corrected chi connectivity index (χ4v) is 3.27. The zero-order chi connectivity index (χ0) is 11.1. The van der Waals surface area contributed by atoms with E-state index in [2.05, 4.69) is 34.2 Å². The molecule has 0 saturated carbocycles. The molecule has 16 heavy (non-hydrogen) atoms. The van der Waals surface area contributed by atoms with Crippen LogP contribution in [0, 0.1) is 0 Å². The maximum absolute atomic E-state index is 4.32. The Bertz CT molecular complexity index is 283. The van der Waals surface area contributed by atoms with Gasteiger partial charge in [0, 0.05) is 36.7 Å². The second-order valence-electron chi connectivity index (χ2n) is 4.26. The molecule has 0 spiro atoms. The number of hydrogen-bond acceptors (Lipinski definition) is 3. The van der Waals surface area contributed by atoms with Crippen LogP contribution in [0.25, 0.3) is 0 Å². The number of nitrogens with zero attached hydrogens (tertiary/aromatic N) is 1. The first kappa shape index (κ1) is 11.9. The quantitative estimate of drug-likeness (QED) is 0.795. The SMILES string of the molecule is c1ccc(CCNCC2CCCCS2)nc1. The fourth-order valence-electron chi connectivity index (χ4n) is 1.99. The Morgan fingerprint density at radius 1 is 1.38 bits per heavy atom. The molecule has 1 aromatic heterocycles. The predicted octanol–water partition coefficient (Wildman–Crippen LogP) is 2.50. The van der Waals surface area contributed by atoms with Crippen LogP contribution in [0.4, 0.5) is 0 Å². The average molecular weight is 236 g/mol. The summed E-state index contributed by atoms with van der Waals surface area (Å²) in [6.45, 7) is 2.21. The molecule has 1 aliphatic rings. The maximum atomic E-state index is 4.32. The molecule has 3 heteroatoms. The van der Waals surface area contributed by atoms with Gasteiger partial charge in [-0.05, 0) is 30.7 Å². The van der Waals surface area contributed by atoms with E-state index in [0.717, 1.165) is 24.8 Å². The van der Waals surface area contributed by atoms with Crippen LogP contribution in [0.5, 0.6) is 0 Å². The fraction of sp³-hybridized carbons (Fsp3) is 0.615. The second kappa shape index (κ2) is 6.92. The molecule has 2 heterocycles. The highest BCUT2D eigenvalue weighted by molar-refractivity contribution is 7.99. The van der Waals surface area contributed by atoms with Gasteiger partial charge in [-0.1, -0.05) is 12.5 Å². The molecule has 2 rings (SSSR count). The number of thioether (sulfide) groups is 1. The number of hydrogen-bond donors (Lipinski definition) is 1. The molecule has 0 aromatic carbocycles. The lowest BCUT2D eigenvalue weighted by molar-refractivity contribution is 0.596. The van der Waals surface area contributed by atoms with Crippen LogP contribution in [-0.2, 0) is 6.42 Å². The molecule has 0 radical (unpaired) electrons. The molecule has 88 valence electrons. The number of rotatable bonds is 5. The Kier molecular flexibility index (Phi) is 5.16. The van der Waals surface area contributed by atoms with Gasteiger partial charge in [-0.25, -0.2) is 0 Å². The zero-order valence-electron chi connectivity index (χ0n) is 9.69. The molecule has 0 amide bonds. The highest BCUT2D eigenvalue weighted by Crippen LogP contribution is 2.24.